The maximum atomic E-state index is 13.0. The lowest BCUT2D eigenvalue weighted by Gasteiger charge is -2.29. The molecule has 4 heteroatoms. The van der Waals surface area contributed by atoms with Crippen molar-refractivity contribution in [1.82, 2.24) is 9.88 Å². The van der Waals surface area contributed by atoms with Crippen molar-refractivity contribution in [2.24, 2.45) is 0 Å². The molecule has 2 N–H and O–H groups in total. The summed E-state index contributed by atoms with van der Waals surface area (Å²) in [4.78, 5) is 18.4. The fraction of sp³-hybridized carbons (Fsp3) is 0.250. The van der Waals surface area contributed by atoms with Crippen LogP contribution in [0.5, 0.6) is 0 Å². The largest absolute Gasteiger partial charge is 0.375 e. The molecule has 2 unspecified atom stereocenters. The first-order chi connectivity index (χ1) is 11.8. The van der Waals surface area contributed by atoms with Crippen molar-refractivity contribution in [3.05, 3.63) is 65.9 Å². The van der Waals surface area contributed by atoms with Crippen LogP contribution in [0.15, 0.2) is 54.7 Å². The minimum absolute atomic E-state index is 0.108. The fourth-order valence-electron chi connectivity index (χ4n) is 4.24. The van der Waals surface area contributed by atoms with Gasteiger partial charge in [0.2, 0.25) is 0 Å². The molecule has 3 aromatic rings. The molecule has 24 heavy (non-hydrogen) atoms. The second-order valence-electron chi connectivity index (χ2n) is 6.67. The molecule has 1 aromatic heterocycles. The van der Waals surface area contributed by atoms with Crippen LogP contribution in [0, 0.1) is 0 Å². The van der Waals surface area contributed by atoms with Crippen molar-refractivity contribution >= 4 is 22.5 Å². The molecule has 2 aromatic carbocycles. The molecule has 120 valence electrons. The topological polar surface area (TPSA) is 48.1 Å². The number of nitrogens with one attached hydrogen (secondary N) is 2. The van der Waals surface area contributed by atoms with Gasteiger partial charge in [0.05, 0.1) is 17.6 Å². The van der Waals surface area contributed by atoms with Crippen LogP contribution in [0.1, 0.15) is 34.8 Å². The van der Waals surface area contributed by atoms with Crippen molar-refractivity contribution < 1.29 is 4.79 Å². The van der Waals surface area contributed by atoms with Gasteiger partial charge in [-0.2, -0.15) is 0 Å². The number of fused-ring (bicyclic) bond motifs is 3. The van der Waals surface area contributed by atoms with E-state index < -0.39 is 0 Å². The Morgan fingerprint density at radius 1 is 1.04 bits per heavy atom. The van der Waals surface area contributed by atoms with Gasteiger partial charge in [0.25, 0.3) is 5.91 Å². The summed E-state index contributed by atoms with van der Waals surface area (Å²) >= 11 is 0. The standard InChI is InChI=1S/C20H19N3O/c24-20-14-7-2-4-9-17(14)22-19(18-10-5-11-23(18)20)15-12-21-16-8-3-1-6-13(15)16/h1-4,6-9,12,18-19,21-22H,5,10-11H2. The normalized spacial score (nSPS) is 22.8. The molecule has 2 aliphatic heterocycles. The number of H-pyrrole nitrogens is 1. The van der Waals surface area contributed by atoms with Crippen molar-refractivity contribution in [2.75, 3.05) is 11.9 Å². The summed E-state index contributed by atoms with van der Waals surface area (Å²) in [5.74, 6) is 0.156. The van der Waals surface area contributed by atoms with E-state index in [4.69, 9.17) is 0 Å². The fourth-order valence-corrected chi connectivity index (χ4v) is 4.24. The van der Waals surface area contributed by atoms with Crippen molar-refractivity contribution in [2.45, 2.75) is 24.9 Å². The zero-order chi connectivity index (χ0) is 16.1. The highest BCUT2D eigenvalue weighted by atomic mass is 16.2. The van der Waals surface area contributed by atoms with Crippen LogP contribution in [0.3, 0.4) is 0 Å². The molecule has 5 rings (SSSR count). The molecule has 1 saturated heterocycles. The second kappa shape index (κ2) is 5.13. The van der Waals surface area contributed by atoms with E-state index in [9.17, 15) is 4.79 Å². The number of aromatic nitrogens is 1. The van der Waals surface area contributed by atoms with Crippen LogP contribution in [0.25, 0.3) is 10.9 Å². The molecule has 0 saturated carbocycles. The number of hydrogen-bond acceptors (Lipinski definition) is 2. The van der Waals surface area contributed by atoms with E-state index in [0.29, 0.717) is 0 Å². The van der Waals surface area contributed by atoms with Gasteiger partial charge in [-0.25, -0.2) is 0 Å². The van der Waals surface area contributed by atoms with Gasteiger partial charge < -0.3 is 15.2 Å². The van der Waals surface area contributed by atoms with Crippen LogP contribution in [-0.4, -0.2) is 28.4 Å². The Morgan fingerprint density at radius 3 is 2.83 bits per heavy atom. The average molecular weight is 317 g/mol. The molecule has 4 nitrogen and oxygen atoms in total. The predicted octanol–water partition coefficient (Wildman–Crippen LogP) is 3.94. The van der Waals surface area contributed by atoms with E-state index in [0.717, 1.165) is 36.2 Å². The van der Waals surface area contributed by atoms with Gasteiger partial charge in [0, 0.05) is 34.9 Å². The van der Waals surface area contributed by atoms with Gasteiger partial charge >= 0.3 is 0 Å². The van der Waals surface area contributed by atoms with E-state index in [-0.39, 0.29) is 18.0 Å². The molecule has 0 spiro atoms. The molecule has 2 aliphatic rings. The summed E-state index contributed by atoms with van der Waals surface area (Å²) in [6.07, 6.45) is 4.20. The molecule has 2 atom stereocenters. The van der Waals surface area contributed by atoms with Crippen LogP contribution < -0.4 is 5.32 Å². The van der Waals surface area contributed by atoms with E-state index in [1.165, 1.54) is 10.9 Å². The Bertz CT molecular complexity index is 929. The Hall–Kier alpha value is -2.75. The lowest BCUT2D eigenvalue weighted by atomic mass is 9.97. The molecule has 0 radical (unpaired) electrons. The minimum Gasteiger partial charge on any atom is -0.375 e. The maximum absolute atomic E-state index is 13.0. The summed E-state index contributed by atoms with van der Waals surface area (Å²) in [7, 11) is 0. The van der Waals surface area contributed by atoms with E-state index in [1.54, 1.807) is 0 Å². The minimum atomic E-state index is 0.108. The number of para-hydroxylation sites is 2. The Labute approximate surface area is 140 Å². The first kappa shape index (κ1) is 13.7. The average Bonchev–Trinajstić information content (AvgIpc) is 3.25. The van der Waals surface area contributed by atoms with Crippen molar-refractivity contribution in [3.63, 3.8) is 0 Å². The van der Waals surface area contributed by atoms with Crippen LogP contribution >= 0.6 is 0 Å². The predicted molar refractivity (Wildman–Crippen MR) is 95.2 cm³/mol. The third kappa shape index (κ3) is 1.89. The lowest BCUT2D eigenvalue weighted by molar-refractivity contribution is 0.0731. The maximum Gasteiger partial charge on any atom is 0.256 e. The van der Waals surface area contributed by atoms with Gasteiger partial charge in [-0.15, -0.1) is 0 Å². The number of nitrogens with zero attached hydrogens (tertiary/aromatic N) is 1. The third-order valence-corrected chi connectivity index (χ3v) is 5.37. The van der Waals surface area contributed by atoms with E-state index in [1.807, 2.05) is 30.3 Å². The molecular formula is C20H19N3O. The number of rotatable bonds is 1. The first-order valence-corrected chi connectivity index (χ1v) is 8.55. The highest BCUT2D eigenvalue weighted by Crippen LogP contribution is 2.39. The number of benzene rings is 2. The lowest BCUT2D eigenvalue weighted by Crippen LogP contribution is -2.38. The number of aromatic amines is 1. The highest BCUT2D eigenvalue weighted by Gasteiger charge is 2.40. The van der Waals surface area contributed by atoms with E-state index in [2.05, 4.69) is 39.6 Å². The number of hydrogen-bond donors (Lipinski definition) is 2. The molecule has 3 heterocycles. The molecule has 0 aliphatic carbocycles. The monoisotopic (exact) mass is 317 g/mol. The van der Waals surface area contributed by atoms with Gasteiger partial charge in [-0.05, 0) is 31.0 Å². The van der Waals surface area contributed by atoms with Crippen LogP contribution in [0.4, 0.5) is 5.69 Å². The Morgan fingerprint density at radius 2 is 1.88 bits per heavy atom. The summed E-state index contributed by atoms with van der Waals surface area (Å²) in [5, 5.41) is 4.90. The first-order valence-electron chi connectivity index (χ1n) is 8.55. The van der Waals surface area contributed by atoms with Crippen molar-refractivity contribution in [3.8, 4) is 0 Å². The number of anilines is 1. The second-order valence-corrected chi connectivity index (χ2v) is 6.67. The van der Waals surface area contributed by atoms with Gasteiger partial charge in [-0.3, -0.25) is 4.79 Å². The number of amides is 1. The van der Waals surface area contributed by atoms with E-state index >= 15 is 0 Å². The van der Waals surface area contributed by atoms with Gasteiger partial charge in [0.15, 0.2) is 0 Å². The zero-order valence-electron chi connectivity index (χ0n) is 13.3. The zero-order valence-corrected chi connectivity index (χ0v) is 13.3. The molecule has 1 fully saturated rings. The SMILES string of the molecule is O=C1c2ccccc2NC(c2c[nH]c3ccccc23)C2CCCN12. The summed E-state index contributed by atoms with van der Waals surface area (Å²) in [6.45, 7) is 0.846. The third-order valence-electron chi connectivity index (χ3n) is 5.37. The summed E-state index contributed by atoms with van der Waals surface area (Å²) in [6, 6.07) is 16.5. The number of carbonyl (C=O) groups excluding carboxylic acids is 1. The van der Waals surface area contributed by atoms with Gasteiger partial charge in [-0.1, -0.05) is 30.3 Å². The molecule has 1 amide bonds. The Kier molecular flexibility index (Phi) is 2.92. The summed E-state index contributed by atoms with van der Waals surface area (Å²) in [5.41, 5.74) is 4.11. The smallest absolute Gasteiger partial charge is 0.256 e. The molecular weight excluding hydrogens is 298 g/mol. The molecule has 0 bridgehead atoms. The van der Waals surface area contributed by atoms with Crippen LogP contribution in [-0.2, 0) is 0 Å². The number of carbonyl (C=O) groups is 1. The Balaban J connectivity index is 1.69. The van der Waals surface area contributed by atoms with Gasteiger partial charge in [0.1, 0.15) is 0 Å². The summed E-state index contributed by atoms with van der Waals surface area (Å²) < 4.78 is 0. The quantitative estimate of drug-likeness (QED) is 0.714. The van der Waals surface area contributed by atoms with Crippen LogP contribution in [0.2, 0.25) is 0 Å². The highest BCUT2D eigenvalue weighted by molar-refractivity contribution is 6.01. The van der Waals surface area contributed by atoms with Crippen molar-refractivity contribution in [1.29, 1.82) is 0 Å².